The van der Waals surface area contributed by atoms with Gasteiger partial charge >= 0.3 is 0 Å². The summed E-state index contributed by atoms with van der Waals surface area (Å²) < 4.78 is 0. The van der Waals surface area contributed by atoms with Crippen molar-refractivity contribution in [2.24, 2.45) is 4.99 Å². The summed E-state index contributed by atoms with van der Waals surface area (Å²) in [5, 5.41) is 10.3. The van der Waals surface area contributed by atoms with Gasteiger partial charge in [-0.15, -0.1) is 11.3 Å². The maximum atomic E-state index is 11.8. The lowest BCUT2D eigenvalue weighted by atomic mass is 10.1. The summed E-state index contributed by atoms with van der Waals surface area (Å²) in [6.45, 7) is 11.0. The van der Waals surface area contributed by atoms with Crippen LogP contribution >= 0.6 is 11.3 Å². The first-order valence-corrected chi connectivity index (χ1v) is 8.77. The molecule has 1 aromatic rings. The summed E-state index contributed by atoms with van der Waals surface area (Å²) in [5.41, 5.74) is 0.960. The number of aromatic nitrogens is 1. The molecule has 0 unspecified atom stereocenters. The van der Waals surface area contributed by atoms with Crippen LogP contribution in [0.1, 0.15) is 43.3 Å². The minimum absolute atomic E-state index is 0.0522. The van der Waals surface area contributed by atoms with E-state index in [1.165, 1.54) is 10.6 Å². The summed E-state index contributed by atoms with van der Waals surface area (Å²) in [4.78, 5) is 21.8. The van der Waals surface area contributed by atoms with Crippen molar-refractivity contribution in [2.45, 2.75) is 53.0 Å². The fourth-order valence-corrected chi connectivity index (χ4v) is 3.08. The number of aliphatic imine (C=N–C) groups is 1. The minimum Gasteiger partial charge on any atom is -0.356 e. The molecule has 130 valence electrons. The molecule has 0 aliphatic rings. The Morgan fingerprint density at radius 3 is 2.52 bits per heavy atom. The van der Waals surface area contributed by atoms with Gasteiger partial charge in [0.15, 0.2) is 5.96 Å². The second kappa shape index (κ2) is 8.86. The maximum Gasteiger partial charge on any atom is 0.239 e. The van der Waals surface area contributed by atoms with Crippen molar-refractivity contribution in [3.8, 4) is 0 Å². The summed E-state index contributed by atoms with van der Waals surface area (Å²) in [6.07, 6.45) is 1.82. The molecule has 0 saturated carbocycles. The van der Waals surface area contributed by atoms with E-state index in [1.807, 2.05) is 20.8 Å². The zero-order valence-electron chi connectivity index (χ0n) is 15.0. The van der Waals surface area contributed by atoms with Crippen molar-refractivity contribution in [3.63, 3.8) is 0 Å². The highest BCUT2D eigenvalue weighted by atomic mass is 32.1. The van der Waals surface area contributed by atoms with E-state index in [0.717, 1.165) is 24.4 Å². The second-order valence-electron chi connectivity index (χ2n) is 6.36. The van der Waals surface area contributed by atoms with Crippen LogP contribution in [0.4, 0.5) is 0 Å². The molecule has 23 heavy (non-hydrogen) atoms. The number of nitrogens with zero attached hydrogens (tertiary/aromatic N) is 2. The second-order valence-corrected chi connectivity index (χ2v) is 7.65. The normalized spacial score (nSPS) is 12.2. The predicted octanol–water partition coefficient (Wildman–Crippen LogP) is 1.64. The molecule has 1 amide bonds. The Kier molecular flexibility index (Phi) is 7.48. The molecule has 3 N–H and O–H groups in total. The highest BCUT2D eigenvalue weighted by Crippen LogP contribution is 2.17. The van der Waals surface area contributed by atoms with Gasteiger partial charge in [0.1, 0.15) is 0 Å². The van der Waals surface area contributed by atoms with Gasteiger partial charge < -0.3 is 16.0 Å². The Bertz CT molecular complexity index is 545. The van der Waals surface area contributed by atoms with Crippen LogP contribution in [0.3, 0.4) is 0 Å². The van der Waals surface area contributed by atoms with E-state index < -0.39 is 0 Å². The number of carbonyl (C=O) groups is 1. The number of carbonyl (C=O) groups excluding carboxylic acids is 1. The van der Waals surface area contributed by atoms with Gasteiger partial charge in [-0.3, -0.25) is 9.79 Å². The van der Waals surface area contributed by atoms with Gasteiger partial charge in [-0.25, -0.2) is 4.98 Å². The average Bonchev–Trinajstić information content (AvgIpc) is 2.80. The van der Waals surface area contributed by atoms with E-state index in [2.05, 4.69) is 39.8 Å². The number of amides is 1. The van der Waals surface area contributed by atoms with E-state index in [1.54, 1.807) is 18.4 Å². The molecule has 0 bridgehead atoms. The van der Waals surface area contributed by atoms with E-state index in [-0.39, 0.29) is 18.0 Å². The fraction of sp³-hybridized carbons (Fsp3) is 0.688. The number of thiazole rings is 1. The molecular weight excluding hydrogens is 310 g/mol. The van der Waals surface area contributed by atoms with Crippen molar-refractivity contribution < 1.29 is 4.79 Å². The summed E-state index contributed by atoms with van der Waals surface area (Å²) in [7, 11) is 1.69. The molecule has 0 aromatic carbocycles. The van der Waals surface area contributed by atoms with E-state index in [9.17, 15) is 4.79 Å². The van der Waals surface area contributed by atoms with Gasteiger partial charge in [-0.2, -0.15) is 0 Å². The summed E-state index contributed by atoms with van der Waals surface area (Å²) in [5.74, 6) is 0.571. The van der Waals surface area contributed by atoms with Gasteiger partial charge in [-0.1, -0.05) is 6.92 Å². The first kappa shape index (κ1) is 19.4. The number of guanidine groups is 1. The molecule has 0 aliphatic heterocycles. The smallest absolute Gasteiger partial charge is 0.239 e. The van der Waals surface area contributed by atoms with Gasteiger partial charge in [0.05, 0.1) is 17.2 Å². The largest absolute Gasteiger partial charge is 0.356 e. The first-order chi connectivity index (χ1) is 10.7. The lowest BCUT2D eigenvalue weighted by Gasteiger charge is -2.21. The molecule has 6 nitrogen and oxygen atoms in total. The Morgan fingerprint density at radius 1 is 1.30 bits per heavy atom. The van der Waals surface area contributed by atoms with Crippen LogP contribution in [0.25, 0.3) is 0 Å². The molecule has 0 atom stereocenters. The third-order valence-electron chi connectivity index (χ3n) is 3.06. The highest BCUT2D eigenvalue weighted by Gasteiger charge is 2.13. The van der Waals surface area contributed by atoms with Crippen molar-refractivity contribution in [1.82, 2.24) is 20.9 Å². The Hall–Kier alpha value is -1.63. The molecule has 0 radical (unpaired) electrons. The lowest BCUT2D eigenvalue weighted by molar-refractivity contribution is -0.121. The van der Waals surface area contributed by atoms with E-state index >= 15 is 0 Å². The molecule has 7 heteroatoms. The monoisotopic (exact) mass is 339 g/mol. The average molecular weight is 340 g/mol. The van der Waals surface area contributed by atoms with Crippen molar-refractivity contribution in [1.29, 1.82) is 0 Å². The number of rotatable bonds is 6. The molecule has 0 spiro atoms. The molecule has 0 fully saturated rings. The first-order valence-electron chi connectivity index (χ1n) is 7.96. The van der Waals surface area contributed by atoms with Crippen molar-refractivity contribution >= 4 is 23.2 Å². The predicted molar refractivity (Wildman–Crippen MR) is 97.2 cm³/mol. The zero-order chi connectivity index (χ0) is 17.5. The van der Waals surface area contributed by atoms with Crippen LogP contribution in [-0.4, -0.2) is 42.5 Å². The van der Waals surface area contributed by atoms with Crippen LogP contribution in [0.2, 0.25) is 0 Å². The van der Waals surface area contributed by atoms with Crippen LogP contribution in [-0.2, 0) is 17.6 Å². The zero-order valence-corrected chi connectivity index (χ0v) is 15.9. The molecule has 1 rings (SSSR count). The van der Waals surface area contributed by atoms with Gasteiger partial charge in [0.25, 0.3) is 0 Å². The quantitative estimate of drug-likeness (QED) is 0.544. The summed E-state index contributed by atoms with van der Waals surface area (Å²) in [6, 6.07) is 0. The SMILES string of the molecule is CCc1nc(CCNC(=NC)NCC(=O)NC(C)(C)C)sc1C. The number of nitrogens with one attached hydrogen (secondary N) is 3. The van der Waals surface area contributed by atoms with Gasteiger partial charge in [0.2, 0.25) is 5.91 Å². The maximum absolute atomic E-state index is 11.8. The Labute approximate surface area is 143 Å². The van der Waals surface area contributed by atoms with Crippen LogP contribution in [0.5, 0.6) is 0 Å². The molecule has 0 aliphatic carbocycles. The molecule has 1 aromatic heterocycles. The topological polar surface area (TPSA) is 78.4 Å². The van der Waals surface area contributed by atoms with E-state index in [4.69, 9.17) is 0 Å². The van der Waals surface area contributed by atoms with Crippen LogP contribution in [0, 0.1) is 6.92 Å². The minimum atomic E-state index is -0.227. The number of hydrogen-bond donors (Lipinski definition) is 3. The molecular formula is C16H29N5OS. The Balaban J connectivity index is 2.35. The van der Waals surface area contributed by atoms with Crippen molar-refractivity contribution in [3.05, 3.63) is 15.6 Å². The third-order valence-corrected chi connectivity index (χ3v) is 4.13. The number of aryl methyl sites for hydroxylation is 2. The fourth-order valence-electron chi connectivity index (χ4n) is 2.06. The highest BCUT2D eigenvalue weighted by molar-refractivity contribution is 7.11. The molecule has 1 heterocycles. The number of hydrogen-bond acceptors (Lipinski definition) is 4. The lowest BCUT2D eigenvalue weighted by Crippen LogP contribution is -2.48. The van der Waals surface area contributed by atoms with E-state index in [0.29, 0.717) is 5.96 Å². The third kappa shape index (κ3) is 7.45. The van der Waals surface area contributed by atoms with Crippen LogP contribution < -0.4 is 16.0 Å². The van der Waals surface area contributed by atoms with Gasteiger partial charge in [-0.05, 0) is 34.1 Å². The standard InChI is InChI=1S/C16H29N5OS/c1-7-12-11(2)23-14(20-12)8-9-18-15(17-6)19-10-13(22)21-16(3,4)5/h7-10H2,1-6H3,(H,21,22)(H2,17,18,19). The molecule has 0 saturated heterocycles. The van der Waals surface area contributed by atoms with Crippen molar-refractivity contribution in [2.75, 3.05) is 20.1 Å². The van der Waals surface area contributed by atoms with Crippen LogP contribution in [0.15, 0.2) is 4.99 Å². The van der Waals surface area contributed by atoms with Gasteiger partial charge in [0, 0.05) is 30.4 Å². The summed E-state index contributed by atoms with van der Waals surface area (Å²) >= 11 is 1.75. The Morgan fingerprint density at radius 2 is 2.00 bits per heavy atom.